The van der Waals surface area contributed by atoms with E-state index in [9.17, 15) is 18.0 Å². The van der Waals surface area contributed by atoms with Crippen LogP contribution in [0.25, 0.3) is 0 Å². The van der Waals surface area contributed by atoms with Crippen LogP contribution >= 0.6 is 11.6 Å². The van der Waals surface area contributed by atoms with Gasteiger partial charge in [0.25, 0.3) is 0 Å². The number of aryl methyl sites for hydroxylation is 1. The lowest BCUT2D eigenvalue weighted by atomic mass is 10.1. The highest BCUT2D eigenvalue weighted by Gasteiger charge is 2.29. The second kappa shape index (κ2) is 13.7. The number of hydrogen-bond donors (Lipinski definition) is 1. The van der Waals surface area contributed by atoms with E-state index < -0.39 is 16.1 Å². The molecule has 36 heavy (non-hydrogen) atoms. The third kappa shape index (κ3) is 7.96. The molecule has 9 heteroatoms. The second-order valence-electron chi connectivity index (χ2n) is 8.99. The molecule has 0 saturated carbocycles. The van der Waals surface area contributed by atoms with Crippen LogP contribution in [-0.4, -0.2) is 50.5 Å². The number of carbonyl (C=O) groups is 2. The Morgan fingerprint density at radius 3 is 2.36 bits per heavy atom. The van der Waals surface area contributed by atoms with Crippen LogP contribution in [0.15, 0.2) is 42.5 Å². The molecular formula is C27H38ClN3O4S. The summed E-state index contributed by atoms with van der Waals surface area (Å²) in [5.41, 5.74) is 3.18. The molecule has 1 atom stereocenters. The van der Waals surface area contributed by atoms with Gasteiger partial charge >= 0.3 is 0 Å². The average Bonchev–Trinajstić information content (AvgIpc) is 2.82. The molecule has 0 bridgehead atoms. The number of carbonyl (C=O) groups excluding carboxylic acids is 2. The third-order valence-electron chi connectivity index (χ3n) is 6.20. The van der Waals surface area contributed by atoms with Crippen LogP contribution in [0.1, 0.15) is 56.2 Å². The molecule has 0 aliphatic carbocycles. The zero-order valence-electron chi connectivity index (χ0n) is 21.9. The molecule has 0 saturated heterocycles. The summed E-state index contributed by atoms with van der Waals surface area (Å²) < 4.78 is 26.4. The van der Waals surface area contributed by atoms with E-state index in [1.54, 1.807) is 30.0 Å². The van der Waals surface area contributed by atoms with Crippen LogP contribution in [-0.2, 0) is 26.2 Å². The largest absolute Gasteiger partial charge is 0.354 e. The number of nitrogens with zero attached hydrogens (tertiary/aromatic N) is 2. The molecule has 2 rings (SSSR count). The Hall–Kier alpha value is -2.58. The Kier molecular flexibility index (Phi) is 11.2. The van der Waals surface area contributed by atoms with Gasteiger partial charge in [-0.1, -0.05) is 55.8 Å². The van der Waals surface area contributed by atoms with E-state index >= 15 is 0 Å². The summed E-state index contributed by atoms with van der Waals surface area (Å²) in [4.78, 5) is 28.0. The highest BCUT2D eigenvalue weighted by atomic mass is 35.5. The lowest BCUT2D eigenvalue weighted by Crippen LogP contribution is -2.49. The molecule has 0 fully saturated rings. The van der Waals surface area contributed by atoms with E-state index in [1.807, 2.05) is 45.0 Å². The zero-order valence-corrected chi connectivity index (χ0v) is 23.5. The van der Waals surface area contributed by atoms with Gasteiger partial charge < -0.3 is 10.2 Å². The van der Waals surface area contributed by atoms with Gasteiger partial charge in [-0.2, -0.15) is 0 Å². The lowest BCUT2D eigenvalue weighted by molar-refractivity contribution is -0.141. The first kappa shape index (κ1) is 29.6. The van der Waals surface area contributed by atoms with Crippen LogP contribution in [0.4, 0.5) is 5.69 Å². The maximum absolute atomic E-state index is 13.5. The molecule has 0 unspecified atom stereocenters. The summed E-state index contributed by atoms with van der Waals surface area (Å²) in [5, 5.41) is 3.39. The standard InChI is InChI=1S/C27H38ClN3O4S/c1-6-17-29-27(33)24(7-2)30(19-22-13-9-8-12-20(22)3)26(32)16-11-18-31(36(5,34)35)25-15-10-14-23(28)21(25)4/h8-10,12-15,24H,6-7,11,16-19H2,1-5H3,(H,29,33)/t24-/m1/s1. The fourth-order valence-corrected chi connectivity index (χ4v) is 5.29. The van der Waals surface area contributed by atoms with Gasteiger partial charge in [-0.15, -0.1) is 0 Å². The van der Waals surface area contributed by atoms with Gasteiger partial charge in [0.1, 0.15) is 6.04 Å². The van der Waals surface area contributed by atoms with Gasteiger partial charge in [0.15, 0.2) is 0 Å². The molecule has 1 N–H and O–H groups in total. The van der Waals surface area contributed by atoms with Crippen molar-refractivity contribution in [3.8, 4) is 0 Å². The van der Waals surface area contributed by atoms with Gasteiger partial charge in [0.05, 0.1) is 11.9 Å². The molecule has 0 aromatic heterocycles. The van der Waals surface area contributed by atoms with Crippen molar-refractivity contribution >= 4 is 39.1 Å². The topological polar surface area (TPSA) is 86.8 Å². The van der Waals surface area contributed by atoms with Gasteiger partial charge in [-0.25, -0.2) is 8.42 Å². The maximum Gasteiger partial charge on any atom is 0.242 e. The minimum atomic E-state index is -3.59. The Bertz CT molecular complexity index is 1150. The lowest BCUT2D eigenvalue weighted by Gasteiger charge is -2.31. The third-order valence-corrected chi connectivity index (χ3v) is 7.79. The van der Waals surface area contributed by atoms with Crippen LogP contribution in [0, 0.1) is 13.8 Å². The van der Waals surface area contributed by atoms with Crippen molar-refractivity contribution in [3.05, 3.63) is 64.2 Å². The monoisotopic (exact) mass is 535 g/mol. The first-order valence-corrected chi connectivity index (χ1v) is 14.6. The van der Waals surface area contributed by atoms with Crippen LogP contribution in [0.3, 0.4) is 0 Å². The molecule has 2 aromatic rings. The number of amides is 2. The van der Waals surface area contributed by atoms with Crippen molar-refractivity contribution in [2.45, 2.75) is 66.0 Å². The van der Waals surface area contributed by atoms with Crippen LogP contribution in [0.2, 0.25) is 5.02 Å². The number of rotatable bonds is 13. The highest BCUT2D eigenvalue weighted by molar-refractivity contribution is 7.92. The molecule has 0 aliphatic heterocycles. The first-order valence-electron chi connectivity index (χ1n) is 12.4. The van der Waals surface area contributed by atoms with E-state index in [0.717, 1.165) is 23.8 Å². The Labute approximate surface area is 220 Å². The van der Waals surface area contributed by atoms with Crippen molar-refractivity contribution in [2.24, 2.45) is 0 Å². The number of benzene rings is 2. The summed E-state index contributed by atoms with van der Waals surface area (Å²) in [6.07, 6.45) is 2.83. The Morgan fingerprint density at radius 2 is 1.75 bits per heavy atom. The van der Waals surface area contributed by atoms with Gasteiger partial charge in [-0.05, 0) is 61.9 Å². The normalized spacial score (nSPS) is 12.2. The molecule has 2 amide bonds. The van der Waals surface area contributed by atoms with Crippen molar-refractivity contribution in [3.63, 3.8) is 0 Å². The quantitative estimate of drug-likeness (QED) is 0.398. The van der Waals surface area contributed by atoms with Gasteiger partial charge in [-0.3, -0.25) is 13.9 Å². The predicted octanol–water partition coefficient (Wildman–Crippen LogP) is 4.84. The molecular weight excluding hydrogens is 498 g/mol. The maximum atomic E-state index is 13.5. The Morgan fingerprint density at radius 1 is 1.06 bits per heavy atom. The van der Waals surface area contributed by atoms with E-state index in [4.69, 9.17) is 11.6 Å². The van der Waals surface area contributed by atoms with Gasteiger partial charge in [0, 0.05) is 31.1 Å². The summed E-state index contributed by atoms with van der Waals surface area (Å²) in [6, 6.07) is 12.3. The SMILES string of the molecule is CCCNC(=O)[C@@H](CC)N(Cc1ccccc1C)C(=O)CCCN(c1cccc(Cl)c1C)S(C)(=O)=O. The minimum absolute atomic E-state index is 0.106. The highest BCUT2D eigenvalue weighted by Crippen LogP contribution is 2.28. The second-order valence-corrected chi connectivity index (χ2v) is 11.3. The van der Waals surface area contributed by atoms with E-state index in [1.165, 1.54) is 4.31 Å². The van der Waals surface area contributed by atoms with E-state index in [2.05, 4.69) is 5.32 Å². The fourth-order valence-electron chi connectivity index (χ4n) is 4.11. The molecule has 198 valence electrons. The van der Waals surface area contributed by atoms with Crippen molar-refractivity contribution < 1.29 is 18.0 Å². The number of hydrogen-bond acceptors (Lipinski definition) is 4. The summed E-state index contributed by atoms with van der Waals surface area (Å²) in [6.45, 7) is 8.60. The average molecular weight is 536 g/mol. The first-order chi connectivity index (χ1) is 17.0. The van der Waals surface area contributed by atoms with Crippen LogP contribution < -0.4 is 9.62 Å². The fraction of sp³-hybridized carbons (Fsp3) is 0.481. The molecule has 0 heterocycles. The van der Waals surface area contributed by atoms with Crippen molar-refractivity contribution in [2.75, 3.05) is 23.7 Å². The van der Waals surface area contributed by atoms with Gasteiger partial charge in [0.2, 0.25) is 21.8 Å². The molecule has 2 aromatic carbocycles. The molecule has 7 nitrogen and oxygen atoms in total. The van der Waals surface area contributed by atoms with Crippen LogP contribution in [0.5, 0.6) is 0 Å². The smallest absolute Gasteiger partial charge is 0.242 e. The minimum Gasteiger partial charge on any atom is -0.354 e. The molecule has 0 aliphatic rings. The summed E-state index contributed by atoms with van der Waals surface area (Å²) >= 11 is 6.22. The summed E-state index contributed by atoms with van der Waals surface area (Å²) in [5.74, 6) is -0.360. The van der Waals surface area contributed by atoms with Crippen molar-refractivity contribution in [1.82, 2.24) is 10.2 Å². The number of anilines is 1. The number of halogens is 1. The number of sulfonamides is 1. The van der Waals surface area contributed by atoms with E-state index in [-0.39, 0.29) is 24.8 Å². The van der Waals surface area contributed by atoms with E-state index in [0.29, 0.717) is 42.2 Å². The summed E-state index contributed by atoms with van der Waals surface area (Å²) in [7, 11) is -3.59. The Balaban J connectivity index is 2.25. The molecule has 0 spiro atoms. The zero-order chi connectivity index (χ0) is 26.9. The molecule has 0 radical (unpaired) electrons. The number of nitrogens with one attached hydrogen (secondary N) is 1. The predicted molar refractivity (Wildman–Crippen MR) is 147 cm³/mol. The van der Waals surface area contributed by atoms with Crippen molar-refractivity contribution in [1.29, 1.82) is 0 Å².